The molecule has 4 aromatic rings. The molecule has 2 N–H and O–H groups in total. The van der Waals surface area contributed by atoms with E-state index in [-0.39, 0.29) is 12.1 Å². The van der Waals surface area contributed by atoms with Gasteiger partial charge in [-0.1, -0.05) is 36.9 Å². The van der Waals surface area contributed by atoms with Gasteiger partial charge in [-0.3, -0.25) is 0 Å². The van der Waals surface area contributed by atoms with Crippen LogP contribution < -0.4 is 5.32 Å². The lowest BCUT2D eigenvalue weighted by atomic mass is 10.0. The van der Waals surface area contributed by atoms with E-state index in [9.17, 15) is 5.11 Å². The summed E-state index contributed by atoms with van der Waals surface area (Å²) >= 11 is 0. The van der Waals surface area contributed by atoms with Gasteiger partial charge in [0.25, 0.3) is 0 Å². The highest BCUT2D eigenvalue weighted by molar-refractivity contribution is 6.76. The third kappa shape index (κ3) is 5.55. The largest absolute Gasteiger partial charge is 0.391 e. The SMILES string of the molecule is Cc1cnc(N[C@H]2CCC[C@H]2O)nc1-c1cn(COCC[Si](C)(C)C)c2cc(-c3c(C)noc3C)ccc12. The van der Waals surface area contributed by atoms with Crippen molar-refractivity contribution < 1.29 is 14.4 Å². The molecule has 38 heavy (non-hydrogen) atoms. The van der Waals surface area contributed by atoms with Crippen LogP contribution in [-0.2, 0) is 11.5 Å². The molecule has 1 aliphatic carbocycles. The van der Waals surface area contributed by atoms with Gasteiger partial charge in [-0.05, 0) is 63.3 Å². The highest BCUT2D eigenvalue weighted by Crippen LogP contribution is 2.36. The average Bonchev–Trinajstić information content (AvgIpc) is 3.54. The second-order valence-electron chi connectivity index (χ2n) is 11.8. The van der Waals surface area contributed by atoms with Gasteiger partial charge in [-0.25, -0.2) is 9.97 Å². The standard InChI is InChI=1S/C29H39N5O3Si/c1-18-15-30-29(31-24-8-7-9-26(24)35)32-28(18)23-16-34(17-36-12-13-38(4,5)6)25-14-21(10-11-22(23)25)27-19(2)33-37-20(27)3/h10-11,14-16,24,26,35H,7-9,12-13,17H2,1-6H3,(H,30,31,32)/t24-,26+/m0/s1. The smallest absolute Gasteiger partial charge is 0.223 e. The first-order valence-electron chi connectivity index (χ1n) is 13.5. The van der Waals surface area contributed by atoms with E-state index in [4.69, 9.17) is 14.2 Å². The predicted octanol–water partition coefficient (Wildman–Crippen LogP) is 6.32. The van der Waals surface area contributed by atoms with Gasteiger partial charge < -0.3 is 24.3 Å². The van der Waals surface area contributed by atoms with E-state index in [1.54, 1.807) is 0 Å². The Labute approximate surface area is 225 Å². The number of nitrogens with zero attached hydrogens (tertiary/aromatic N) is 4. The molecule has 8 nitrogen and oxygen atoms in total. The van der Waals surface area contributed by atoms with Crippen LogP contribution in [0, 0.1) is 20.8 Å². The number of aliphatic hydroxyl groups excluding tert-OH is 1. The molecule has 0 spiro atoms. The van der Waals surface area contributed by atoms with E-state index in [2.05, 4.69) is 64.1 Å². The van der Waals surface area contributed by atoms with Crippen molar-refractivity contribution in [2.24, 2.45) is 0 Å². The summed E-state index contributed by atoms with van der Waals surface area (Å²) in [7, 11) is -1.18. The Kier molecular flexibility index (Phi) is 7.44. The molecule has 1 fully saturated rings. The number of aliphatic hydroxyl groups is 1. The number of nitrogens with one attached hydrogen (secondary N) is 1. The number of rotatable bonds is 9. The first kappa shape index (κ1) is 26.6. The Hall–Kier alpha value is -3.01. The first-order valence-corrected chi connectivity index (χ1v) is 17.2. The fraction of sp³-hybridized carbons (Fsp3) is 0.483. The normalized spacial score (nSPS) is 18.0. The van der Waals surface area contributed by atoms with Crippen LogP contribution in [-0.4, -0.2) is 51.6 Å². The highest BCUT2D eigenvalue weighted by atomic mass is 28.3. The molecule has 9 heteroatoms. The molecule has 0 radical (unpaired) electrons. The Morgan fingerprint density at radius 1 is 1.18 bits per heavy atom. The number of aryl methyl sites for hydroxylation is 3. The van der Waals surface area contributed by atoms with E-state index in [1.165, 1.54) is 0 Å². The van der Waals surface area contributed by atoms with Gasteiger partial charge in [-0.15, -0.1) is 0 Å². The Morgan fingerprint density at radius 2 is 2.00 bits per heavy atom. The summed E-state index contributed by atoms with van der Waals surface area (Å²) in [5.74, 6) is 1.36. The predicted molar refractivity (Wildman–Crippen MR) is 154 cm³/mol. The Morgan fingerprint density at radius 3 is 2.68 bits per heavy atom. The number of benzene rings is 1. The monoisotopic (exact) mass is 533 g/mol. The number of ether oxygens (including phenoxy) is 1. The van der Waals surface area contributed by atoms with Crippen LogP contribution in [0.1, 0.15) is 36.3 Å². The zero-order chi connectivity index (χ0) is 27.0. The lowest BCUT2D eigenvalue weighted by molar-refractivity contribution is 0.0903. The fourth-order valence-corrected chi connectivity index (χ4v) is 5.99. The van der Waals surface area contributed by atoms with Gasteiger partial charge in [0.2, 0.25) is 5.95 Å². The molecular weight excluding hydrogens is 494 g/mol. The summed E-state index contributed by atoms with van der Waals surface area (Å²) in [5.41, 5.74) is 6.96. The van der Waals surface area contributed by atoms with Crippen LogP contribution in [0.25, 0.3) is 33.3 Å². The molecule has 0 bridgehead atoms. The van der Waals surface area contributed by atoms with Crippen molar-refractivity contribution in [3.8, 4) is 22.4 Å². The molecule has 0 amide bonds. The van der Waals surface area contributed by atoms with Crippen molar-refractivity contribution in [2.45, 2.75) is 84.6 Å². The summed E-state index contributed by atoms with van der Waals surface area (Å²) in [6.07, 6.45) is 6.39. The molecule has 2 atom stereocenters. The quantitative estimate of drug-likeness (QED) is 0.192. The van der Waals surface area contributed by atoms with E-state index in [0.29, 0.717) is 12.7 Å². The molecule has 0 unspecified atom stereocenters. The van der Waals surface area contributed by atoms with E-state index < -0.39 is 8.07 Å². The lowest BCUT2D eigenvalue weighted by Crippen LogP contribution is -2.28. The van der Waals surface area contributed by atoms with Gasteiger partial charge >= 0.3 is 0 Å². The van der Waals surface area contributed by atoms with Crippen molar-refractivity contribution in [1.29, 1.82) is 0 Å². The minimum Gasteiger partial charge on any atom is -0.391 e. The van der Waals surface area contributed by atoms with Gasteiger partial charge in [-0.2, -0.15) is 0 Å². The second kappa shape index (κ2) is 10.6. The maximum absolute atomic E-state index is 10.3. The zero-order valence-corrected chi connectivity index (χ0v) is 24.3. The number of hydrogen-bond acceptors (Lipinski definition) is 7. The summed E-state index contributed by atoms with van der Waals surface area (Å²) in [6.45, 7) is 14.3. The van der Waals surface area contributed by atoms with Crippen LogP contribution in [0.3, 0.4) is 0 Å². The minimum absolute atomic E-state index is 0.00993. The third-order valence-corrected chi connectivity index (χ3v) is 9.16. The molecule has 1 aliphatic rings. The summed E-state index contributed by atoms with van der Waals surface area (Å²) < 4.78 is 13.8. The number of aromatic nitrogens is 4. The third-order valence-electron chi connectivity index (χ3n) is 7.45. The summed E-state index contributed by atoms with van der Waals surface area (Å²) in [6, 6.07) is 7.58. The van der Waals surface area contributed by atoms with Crippen molar-refractivity contribution in [3.63, 3.8) is 0 Å². The molecule has 3 heterocycles. The minimum atomic E-state index is -1.18. The second-order valence-corrected chi connectivity index (χ2v) is 17.4. The maximum Gasteiger partial charge on any atom is 0.223 e. The van der Waals surface area contributed by atoms with Crippen molar-refractivity contribution in [2.75, 3.05) is 11.9 Å². The van der Waals surface area contributed by atoms with Gasteiger partial charge in [0.1, 0.15) is 12.5 Å². The number of fused-ring (bicyclic) bond motifs is 1. The molecular formula is C29H39N5O3Si. The van der Waals surface area contributed by atoms with Crippen LogP contribution in [0.15, 0.2) is 35.1 Å². The highest BCUT2D eigenvalue weighted by Gasteiger charge is 2.26. The topological polar surface area (TPSA) is 98.2 Å². The lowest BCUT2D eigenvalue weighted by Gasteiger charge is -2.17. The van der Waals surface area contributed by atoms with Crippen LogP contribution in [0.5, 0.6) is 0 Å². The fourth-order valence-electron chi connectivity index (χ4n) is 5.24. The summed E-state index contributed by atoms with van der Waals surface area (Å²) in [5, 5.41) is 18.9. The molecule has 1 saturated carbocycles. The molecule has 1 aromatic carbocycles. The number of anilines is 1. The van der Waals surface area contributed by atoms with Crippen LogP contribution in [0.4, 0.5) is 5.95 Å². The van der Waals surface area contributed by atoms with Crippen LogP contribution in [0.2, 0.25) is 25.7 Å². The molecule has 0 saturated heterocycles. The number of hydrogen-bond donors (Lipinski definition) is 2. The van der Waals surface area contributed by atoms with Gasteiger partial charge in [0, 0.05) is 43.6 Å². The average molecular weight is 534 g/mol. The van der Waals surface area contributed by atoms with Crippen molar-refractivity contribution in [1.82, 2.24) is 19.7 Å². The molecule has 5 rings (SSSR count). The van der Waals surface area contributed by atoms with Crippen LogP contribution >= 0.6 is 0 Å². The van der Waals surface area contributed by atoms with E-state index in [0.717, 1.165) is 82.2 Å². The molecule has 3 aromatic heterocycles. The first-order chi connectivity index (χ1) is 18.1. The zero-order valence-electron chi connectivity index (χ0n) is 23.3. The maximum atomic E-state index is 10.3. The van der Waals surface area contributed by atoms with Crippen molar-refractivity contribution in [3.05, 3.63) is 47.6 Å². The summed E-state index contributed by atoms with van der Waals surface area (Å²) in [4.78, 5) is 9.45. The van der Waals surface area contributed by atoms with Gasteiger partial charge in [0.15, 0.2) is 0 Å². The van der Waals surface area contributed by atoms with E-state index in [1.807, 2.05) is 27.0 Å². The van der Waals surface area contributed by atoms with E-state index >= 15 is 0 Å². The Balaban J connectivity index is 1.54. The molecule has 0 aliphatic heterocycles. The molecule has 202 valence electrons. The Bertz CT molecular complexity index is 1420. The van der Waals surface area contributed by atoms with Crippen molar-refractivity contribution >= 4 is 24.9 Å². The van der Waals surface area contributed by atoms with Gasteiger partial charge in [0.05, 0.1) is 29.1 Å².